The van der Waals surface area contributed by atoms with Gasteiger partial charge in [0.1, 0.15) is 5.52 Å². The predicted molar refractivity (Wildman–Crippen MR) is 91.6 cm³/mol. The van der Waals surface area contributed by atoms with E-state index in [2.05, 4.69) is 37.8 Å². The van der Waals surface area contributed by atoms with Crippen molar-refractivity contribution in [1.82, 2.24) is 9.97 Å². The van der Waals surface area contributed by atoms with Crippen LogP contribution in [-0.4, -0.2) is 9.97 Å². The number of fused-ring (bicyclic) bond motifs is 1. The van der Waals surface area contributed by atoms with Gasteiger partial charge >= 0.3 is 0 Å². The van der Waals surface area contributed by atoms with Crippen molar-refractivity contribution in [3.8, 4) is 23.1 Å². The Labute approximate surface area is 131 Å². The van der Waals surface area contributed by atoms with E-state index in [1.807, 2.05) is 43.3 Å². The van der Waals surface area contributed by atoms with Gasteiger partial charge in [0.2, 0.25) is 0 Å². The third kappa shape index (κ3) is 2.58. The van der Waals surface area contributed by atoms with Crippen molar-refractivity contribution in [2.24, 2.45) is 0 Å². The fourth-order valence-electron chi connectivity index (χ4n) is 2.54. The van der Waals surface area contributed by atoms with Gasteiger partial charge in [-0.3, -0.25) is 0 Å². The minimum absolute atomic E-state index is 0.313. The zero-order valence-electron chi connectivity index (χ0n) is 13.1. The highest BCUT2D eigenvalue weighted by Crippen LogP contribution is 2.29. The van der Waals surface area contributed by atoms with Crippen LogP contribution in [0.4, 0.5) is 0 Å². The van der Waals surface area contributed by atoms with Crippen molar-refractivity contribution in [2.75, 3.05) is 0 Å². The van der Waals surface area contributed by atoms with Gasteiger partial charge in [0.15, 0.2) is 0 Å². The van der Waals surface area contributed by atoms with Crippen LogP contribution in [0.1, 0.15) is 37.9 Å². The molecule has 3 rings (SSSR count). The molecule has 2 nitrogen and oxygen atoms in total. The minimum atomic E-state index is 0.313. The summed E-state index contributed by atoms with van der Waals surface area (Å²) in [5.74, 6) is 6.39. The Morgan fingerprint density at radius 3 is 2.36 bits per heavy atom. The van der Waals surface area contributed by atoms with Gasteiger partial charge in [-0.25, -0.2) is 9.97 Å². The molecule has 0 N–H and O–H groups in total. The van der Waals surface area contributed by atoms with Crippen LogP contribution in [0, 0.1) is 11.8 Å². The summed E-state index contributed by atoms with van der Waals surface area (Å²) >= 11 is 0. The monoisotopic (exact) mass is 286 g/mol. The molecular formula is C20H18N2. The number of benzene rings is 2. The number of rotatable bonds is 2. The molecule has 0 aliphatic carbocycles. The summed E-state index contributed by atoms with van der Waals surface area (Å²) in [6.07, 6.45) is 0. The van der Waals surface area contributed by atoms with Crippen molar-refractivity contribution in [3.05, 3.63) is 59.8 Å². The van der Waals surface area contributed by atoms with Gasteiger partial charge in [-0.2, -0.15) is 0 Å². The summed E-state index contributed by atoms with van der Waals surface area (Å²) in [6, 6.07) is 16.2. The molecule has 0 radical (unpaired) electrons. The summed E-state index contributed by atoms with van der Waals surface area (Å²) in [4.78, 5) is 9.78. The SMILES string of the molecule is CC#Cc1cccc2nc(C(C)C)c(-c3ccccc3)nc12. The highest BCUT2D eigenvalue weighted by molar-refractivity contribution is 5.84. The summed E-state index contributed by atoms with van der Waals surface area (Å²) in [5, 5.41) is 0. The Balaban J connectivity index is 2.35. The summed E-state index contributed by atoms with van der Waals surface area (Å²) < 4.78 is 0. The van der Waals surface area contributed by atoms with Gasteiger partial charge in [0.05, 0.1) is 22.5 Å². The molecule has 1 heterocycles. The van der Waals surface area contributed by atoms with Crippen LogP contribution in [0.15, 0.2) is 48.5 Å². The molecule has 3 aromatic rings. The fourth-order valence-corrected chi connectivity index (χ4v) is 2.54. The molecule has 0 unspecified atom stereocenters. The summed E-state index contributed by atoms with van der Waals surface area (Å²) in [7, 11) is 0. The van der Waals surface area contributed by atoms with Crippen LogP contribution in [0.3, 0.4) is 0 Å². The first-order chi connectivity index (χ1) is 10.7. The van der Waals surface area contributed by atoms with E-state index >= 15 is 0 Å². The average Bonchev–Trinajstić information content (AvgIpc) is 2.55. The highest BCUT2D eigenvalue weighted by Gasteiger charge is 2.14. The van der Waals surface area contributed by atoms with Crippen LogP contribution in [-0.2, 0) is 0 Å². The molecule has 0 aliphatic rings. The number of hydrogen-bond acceptors (Lipinski definition) is 2. The van der Waals surface area contributed by atoms with Gasteiger partial charge in [0.25, 0.3) is 0 Å². The molecule has 0 saturated carbocycles. The lowest BCUT2D eigenvalue weighted by Gasteiger charge is -2.13. The molecule has 108 valence electrons. The topological polar surface area (TPSA) is 25.8 Å². The molecule has 0 spiro atoms. The van der Waals surface area contributed by atoms with E-state index in [0.29, 0.717) is 5.92 Å². The van der Waals surface area contributed by atoms with Crippen LogP contribution < -0.4 is 0 Å². The van der Waals surface area contributed by atoms with Gasteiger partial charge in [-0.1, -0.05) is 56.2 Å². The van der Waals surface area contributed by atoms with Gasteiger partial charge in [0, 0.05) is 5.56 Å². The third-order valence-electron chi connectivity index (χ3n) is 3.58. The predicted octanol–water partition coefficient (Wildman–Crippen LogP) is 4.79. The first kappa shape index (κ1) is 14.3. The maximum absolute atomic E-state index is 4.92. The molecule has 1 aromatic heterocycles. The van der Waals surface area contributed by atoms with Gasteiger partial charge in [-0.15, -0.1) is 5.92 Å². The van der Waals surface area contributed by atoms with Gasteiger partial charge < -0.3 is 0 Å². The molecule has 0 atom stereocenters. The molecule has 22 heavy (non-hydrogen) atoms. The number of para-hydroxylation sites is 1. The smallest absolute Gasteiger partial charge is 0.105 e. The largest absolute Gasteiger partial charge is 0.249 e. The van der Waals surface area contributed by atoms with Crippen LogP contribution in [0.5, 0.6) is 0 Å². The Kier molecular flexibility index (Phi) is 3.89. The second-order valence-electron chi connectivity index (χ2n) is 5.53. The quantitative estimate of drug-likeness (QED) is 0.633. The summed E-state index contributed by atoms with van der Waals surface area (Å²) in [5.41, 5.74) is 5.79. The number of nitrogens with zero attached hydrogens (tertiary/aromatic N) is 2. The number of hydrogen-bond donors (Lipinski definition) is 0. The van der Waals surface area contributed by atoms with Crippen molar-refractivity contribution >= 4 is 11.0 Å². The first-order valence-corrected chi connectivity index (χ1v) is 7.49. The lowest BCUT2D eigenvalue weighted by molar-refractivity contribution is 0.825. The standard InChI is InChI=1S/C20H18N2/c1-4-9-15-12-8-13-17-19(15)22-20(18(21-17)14(2)3)16-10-6-5-7-11-16/h5-8,10-14H,1-3H3. The van der Waals surface area contributed by atoms with Crippen LogP contribution >= 0.6 is 0 Å². The maximum atomic E-state index is 4.92. The average molecular weight is 286 g/mol. The maximum Gasteiger partial charge on any atom is 0.105 e. The van der Waals surface area contributed by atoms with E-state index in [-0.39, 0.29) is 0 Å². The minimum Gasteiger partial charge on any atom is -0.249 e. The van der Waals surface area contributed by atoms with Crippen LogP contribution in [0.2, 0.25) is 0 Å². The highest BCUT2D eigenvalue weighted by atomic mass is 14.8. The van der Waals surface area contributed by atoms with Crippen molar-refractivity contribution < 1.29 is 0 Å². The number of aromatic nitrogens is 2. The third-order valence-corrected chi connectivity index (χ3v) is 3.58. The lowest BCUT2D eigenvalue weighted by Crippen LogP contribution is -2.02. The van der Waals surface area contributed by atoms with Crippen molar-refractivity contribution in [3.63, 3.8) is 0 Å². The Bertz CT molecular complexity index is 869. The Morgan fingerprint density at radius 1 is 0.909 bits per heavy atom. The molecule has 0 saturated heterocycles. The Hall–Kier alpha value is -2.66. The zero-order chi connectivity index (χ0) is 15.5. The zero-order valence-corrected chi connectivity index (χ0v) is 13.1. The van der Waals surface area contributed by atoms with E-state index in [1.165, 1.54) is 0 Å². The van der Waals surface area contributed by atoms with E-state index in [4.69, 9.17) is 9.97 Å². The summed E-state index contributed by atoms with van der Waals surface area (Å²) in [6.45, 7) is 6.14. The lowest BCUT2D eigenvalue weighted by atomic mass is 10.0. The van der Waals surface area contributed by atoms with Gasteiger partial charge in [-0.05, 0) is 25.0 Å². The molecule has 0 fully saturated rings. The van der Waals surface area contributed by atoms with Crippen molar-refractivity contribution in [2.45, 2.75) is 26.7 Å². The van der Waals surface area contributed by atoms with E-state index < -0.39 is 0 Å². The van der Waals surface area contributed by atoms with Crippen LogP contribution in [0.25, 0.3) is 22.3 Å². The molecule has 0 aliphatic heterocycles. The van der Waals surface area contributed by atoms with E-state index in [9.17, 15) is 0 Å². The molecule has 2 aromatic carbocycles. The normalized spacial score (nSPS) is 10.5. The van der Waals surface area contributed by atoms with Crippen molar-refractivity contribution in [1.29, 1.82) is 0 Å². The van der Waals surface area contributed by atoms with E-state index in [1.54, 1.807) is 0 Å². The van der Waals surface area contributed by atoms with E-state index in [0.717, 1.165) is 33.5 Å². The Morgan fingerprint density at radius 2 is 1.68 bits per heavy atom. The molecule has 0 amide bonds. The second kappa shape index (κ2) is 5.99. The fraction of sp³-hybridized carbons (Fsp3) is 0.200. The molecule has 2 heteroatoms. The molecular weight excluding hydrogens is 268 g/mol. The second-order valence-corrected chi connectivity index (χ2v) is 5.53. The first-order valence-electron chi connectivity index (χ1n) is 7.49. The molecule has 0 bridgehead atoms.